The first-order chi connectivity index (χ1) is 10.1. The van der Waals surface area contributed by atoms with Crippen molar-refractivity contribution < 1.29 is 19.4 Å². The van der Waals surface area contributed by atoms with Gasteiger partial charge in [0.2, 0.25) is 0 Å². The smallest absolute Gasteiger partial charge is 0.307 e. The van der Waals surface area contributed by atoms with Crippen molar-refractivity contribution in [2.45, 2.75) is 13.3 Å². The van der Waals surface area contributed by atoms with Gasteiger partial charge in [0.1, 0.15) is 24.7 Å². The van der Waals surface area contributed by atoms with Crippen LogP contribution in [-0.2, 0) is 11.2 Å². The standard InChI is InChI=1S/C17H18O4/c1-13-5-7-15(8-6-13)20-9-10-21-16-4-2-3-14(11-16)12-17(18)19/h2-8,11H,9-10,12H2,1H3,(H,18,19). The molecule has 21 heavy (non-hydrogen) atoms. The van der Waals surface area contributed by atoms with Gasteiger partial charge in [-0.25, -0.2) is 0 Å². The quantitative estimate of drug-likeness (QED) is 0.795. The molecule has 0 bridgehead atoms. The molecule has 4 nitrogen and oxygen atoms in total. The zero-order valence-corrected chi connectivity index (χ0v) is 11.9. The predicted molar refractivity (Wildman–Crippen MR) is 80.0 cm³/mol. The van der Waals surface area contributed by atoms with Crippen LogP contribution < -0.4 is 9.47 Å². The number of hydrogen-bond acceptors (Lipinski definition) is 3. The molecule has 0 saturated carbocycles. The molecule has 2 aromatic carbocycles. The van der Waals surface area contributed by atoms with E-state index in [0.717, 1.165) is 11.3 Å². The van der Waals surface area contributed by atoms with Crippen LogP contribution in [0, 0.1) is 6.92 Å². The first-order valence-corrected chi connectivity index (χ1v) is 6.76. The fourth-order valence-corrected chi connectivity index (χ4v) is 1.87. The third kappa shape index (κ3) is 5.18. The molecule has 2 rings (SSSR count). The maximum atomic E-state index is 10.7. The molecule has 1 N–H and O–H groups in total. The second kappa shape index (κ2) is 7.33. The van der Waals surface area contributed by atoms with Crippen molar-refractivity contribution in [2.24, 2.45) is 0 Å². The summed E-state index contributed by atoms with van der Waals surface area (Å²) < 4.78 is 11.1. The third-order valence-corrected chi connectivity index (χ3v) is 2.90. The van der Waals surface area contributed by atoms with Crippen LogP contribution in [0.3, 0.4) is 0 Å². The normalized spacial score (nSPS) is 10.1. The Bertz CT molecular complexity index is 590. The van der Waals surface area contributed by atoms with E-state index in [1.807, 2.05) is 31.2 Å². The minimum atomic E-state index is -0.852. The van der Waals surface area contributed by atoms with Gasteiger partial charge >= 0.3 is 5.97 Å². The van der Waals surface area contributed by atoms with Crippen molar-refractivity contribution in [3.8, 4) is 11.5 Å². The van der Waals surface area contributed by atoms with E-state index < -0.39 is 5.97 Å². The van der Waals surface area contributed by atoms with E-state index in [1.165, 1.54) is 5.56 Å². The first-order valence-electron chi connectivity index (χ1n) is 6.76. The monoisotopic (exact) mass is 286 g/mol. The average molecular weight is 286 g/mol. The molecule has 0 saturated heterocycles. The summed E-state index contributed by atoms with van der Waals surface area (Å²) in [5, 5.41) is 8.76. The molecular formula is C17H18O4. The van der Waals surface area contributed by atoms with Gasteiger partial charge in [0.25, 0.3) is 0 Å². The first kappa shape index (κ1) is 14.9. The number of aryl methyl sites for hydroxylation is 1. The van der Waals surface area contributed by atoms with Gasteiger partial charge in [-0.3, -0.25) is 4.79 Å². The topological polar surface area (TPSA) is 55.8 Å². The number of benzene rings is 2. The highest BCUT2D eigenvalue weighted by molar-refractivity contribution is 5.70. The van der Waals surface area contributed by atoms with E-state index >= 15 is 0 Å². The Labute approximate surface area is 123 Å². The summed E-state index contributed by atoms with van der Waals surface area (Å²) in [4.78, 5) is 10.7. The van der Waals surface area contributed by atoms with E-state index in [4.69, 9.17) is 14.6 Å². The van der Waals surface area contributed by atoms with Crippen LogP contribution in [-0.4, -0.2) is 24.3 Å². The minimum absolute atomic E-state index is 0.00291. The van der Waals surface area contributed by atoms with Crippen LogP contribution in [0.5, 0.6) is 11.5 Å². The van der Waals surface area contributed by atoms with Gasteiger partial charge in [0.05, 0.1) is 6.42 Å². The molecule has 0 aromatic heterocycles. The summed E-state index contributed by atoms with van der Waals surface area (Å²) in [7, 11) is 0. The molecule has 0 aliphatic heterocycles. The summed E-state index contributed by atoms with van der Waals surface area (Å²) in [6.45, 7) is 2.87. The number of rotatable bonds is 7. The fraction of sp³-hybridized carbons (Fsp3) is 0.235. The lowest BCUT2D eigenvalue weighted by atomic mass is 10.1. The van der Waals surface area contributed by atoms with Crippen LogP contribution in [0.15, 0.2) is 48.5 Å². The van der Waals surface area contributed by atoms with E-state index in [0.29, 0.717) is 19.0 Å². The Morgan fingerprint density at radius 3 is 2.33 bits per heavy atom. The van der Waals surface area contributed by atoms with Gasteiger partial charge in [-0.1, -0.05) is 29.8 Å². The van der Waals surface area contributed by atoms with Gasteiger partial charge in [-0.15, -0.1) is 0 Å². The molecule has 0 amide bonds. The molecule has 0 unspecified atom stereocenters. The van der Waals surface area contributed by atoms with E-state index in [2.05, 4.69) is 0 Å². The summed E-state index contributed by atoms with van der Waals surface area (Å²) >= 11 is 0. The van der Waals surface area contributed by atoms with Crippen LogP contribution >= 0.6 is 0 Å². The molecule has 2 aromatic rings. The van der Waals surface area contributed by atoms with Crippen molar-refractivity contribution in [1.29, 1.82) is 0 Å². The van der Waals surface area contributed by atoms with Crippen molar-refractivity contribution in [1.82, 2.24) is 0 Å². The second-order valence-corrected chi connectivity index (χ2v) is 4.73. The van der Waals surface area contributed by atoms with Gasteiger partial charge in [-0.2, -0.15) is 0 Å². The lowest BCUT2D eigenvalue weighted by molar-refractivity contribution is -0.136. The highest BCUT2D eigenvalue weighted by Gasteiger charge is 2.02. The number of carboxylic acids is 1. The van der Waals surface area contributed by atoms with Crippen molar-refractivity contribution in [3.05, 3.63) is 59.7 Å². The van der Waals surface area contributed by atoms with E-state index in [-0.39, 0.29) is 6.42 Å². The molecule has 110 valence electrons. The predicted octanol–water partition coefficient (Wildman–Crippen LogP) is 3.08. The maximum Gasteiger partial charge on any atom is 0.307 e. The molecule has 0 atom stereocenters. The number of aliphatic carboxylic acids is 1. The number of hydrogen-bond donors (Lipinski definition) is 1. The Balaban J connectivity index is 1.78. The summed E-state index contributed by atoms with van der Waals surface area (Å²) in [5.41, 5.74) is 1.91. The van der Waals surface area contributed by atoms with Gasteiger partial charge in [-0.05, 0) is 36.8 Å². The highest BCUT2D eigenvalue weighted by atomic mass is 16.5. The van der Waals surface area contributed by atoms with Gasteiger partial charge in [0.15, 0.2) is 0 Å². The highest BCUT2D eigenvalue weighted by Crippen LogP contribution is 2.14. The lowest BCUT2D eigenvalue weighted by Crippen LogP contribution is -2.09. The van der Waals surface area contributed by atoms with Crippen LogP contribution in [0.4, 0.5) is 0 Å². The number of ether oxygens (including phenoxy) is 2. The molecule has 0 heterocycles. The van der Waals surface area contributed by atoms with Crippen molar-refractivity contribution in [2.75, 3.05) is 13.2 Å². The molecular weight excluding hydrogens is 268 g/mol. The van der Waals surface area contributed by atoms with Crippen molar-refractivity contribution >= 4 is 5.97 Å². The zero-order chi connectivity index (χ0) is 15.1. The SMILES string of the molecule is Cc1ccc(OCCOc2cccc(CC(=O)O)c2)cc1. The number of carbonyl (C=O) groups is 1. The maximum absolute atomic E-state index is 10.7. The third-order valence-electron chi connectivity index (χ3n) is 2.90. The zero-order valence-electron chi connectivity index (χ0n) is 11.9. The molecule has 0 aliphatic rings. The minimum Gasteiger partial charge on any atom is -0.490 e. The summed E-state index contributed by atoms with van der Waals surface area (Å²) in [5.74, 6) is 0.611. The van der Waals surface area contributed by atoms with Crippen LogP contribution in [0.2, 0.25) is 0 Å². The second-order valence-electron chi connectivity index (χ2n) is 4.73. The van der Waals surface area contributed by atoms with Crippen LogP contribution in [0.25, 0.3) is 0 Å². The van der Waals surface area contributed by atoms with E-state index in [9.17, 15) is 4.79 Å². The summed E-state index contributed by atoms with van der Waals surface area (Å²) in [6.07, 6.45) is -0.00291. The number of carboxylic acid groups (broad SMARTS) is 1. The van der Waals surface area contributed by atoms with Crippen molar-refractivity contribution in [3.63, 3.8) is 0 Å². The molecule has 0 radical (unpaired) electrons. The Hall–Kier alpha value is -2.49. The van der Waals surface area contributed by atoms with Gasteiger partial charge in [0, 0.05) is 0 Å². The average Bonchev–Trinajstić information content (AvgIpc) is 2.45. The fourth-order valence-electron chi connectivity index (χ4n) is 1.87. The Kier molecular flexibility index (Phi) is 5.21. The Morgan fingerprint density at radius 1 is 1.00 bits per heavy atom. The van der Waals surface area contributed by atoms with Gasteiger partial charge < -0.3 is 14.6 Å². The molecule has 0 spiro atoms. The van der Waals surface area contributed by atoms with E-state index in [1.54, 1.807) is 24.3 Å². The summed E-state index contributed by atoms with van der Waals surface area (Å²) in [6, 6.07) is 14.9. The molecule has 4 heteroatoms. The largest absolute Gasteiger partial charge is 0.490 e. The lowest BCUT2D eigenvalue weighted by Gasteiger charge is -2.09. The Morgan fingerprint density at radius 2 is 1.67 bits per heavy atom. The van der Waals surface area contributed by atoms with Crippen LogP contribution in [0.1, 0.15) is 11.1 Å². The molecule has 0 aliphatic carbocycles. The molecule has 0 fully saturated rings.